The van der Waals surface area contributed by atoms with Crippen LogP contribution < -0.4 is 0 Å². The van der Waals surface area contributed by atoms with Crippen LogP contribution in [0.3, 0.4) is 0 Å². The molecule has 34 heavy (non-hydrogen) atoms. The van der Waals surface area contributed by atoms with Crippen LogP contribution in [-0.4, -0.2) is 48.6 Å². The van der Waals surface area contributed by atoms with Gasteiger partial charge in [-0.05, 0) is 50.1 Å². The second-order valence-corrected chi connectivity index (χ2v) is 8.56. The third kappa shape index (κ3) is 3.32. The summed E-state index contributed by atoms with van der Waals surface area (Å²) in [5.41, 5.74) is 2.63. The molecule has 0 saturated carbocycles. The van der Waals surface area contributed by atoms with Gasteiger partial charge in [0.15, 0.2) is 5.65 Å². The van der Waals surface area contributed by atoms with Gasteiger partial charge in [-0.15, -0.1) is 10.2 Å². The zero-order valence-corrected chi connectivity index (χ0v) is 18.5. The van der Waals surface area contributed by atoms with E-state index in [1.807, 2.05) is 33.7 Å². The van der Waals surface area contributed by atoms with E-state index in [1.165, 1.54) is 6.07 Å². The molecule has 170 valence electrons. The number of hydrogen-bond donors (Lipinski definition) is 0. The zero-order chi connectivity index (χ0) is 23.2. The highest BCUT2D eigenvalue weighted by Gasteiger charge is 2.30. The van der Waals surface area contributed by atoms with Gasteiger partial charge in [0.25, 0.3) is 11.6 Å². The number of benzene rings is 1. The Bertz CT molecular complexity index is 1540. The number of hydrogen-bond acceptors (Lipinski definition) is 6. The average Bonchev–Trinajstić information content (AvgIpc) is 3.47. The number of nitrogens with zero attached hydrogens (tertiary/aromatic N) is 6. The average molecular weight is 456 g/mol. The quantitative estimate of drug-likeness (QED) is 0.400. The molecule has 5 heterocycles. The molecule has 1 aliphatic rings. The highest BCUT2D eigenvalue weighted by atomic mass is 19.1. The lowest BCUT2D eigenvalue weighted by atomic mass is 9.96. The summed E-state index contributed by atoms with van der Waals surface area (Å²) in [7, 11) is 0. The highest BCUT2D eigenvalue weighted by Crippen LogP contribution is 2.32. The van der Waals surface area contributed by atoms with Gasteiger partial charge < -0.3 is 9.42 Å². The second kappa shape index (κ2) is 8.02. The van der Waals surface area contributed by atoms with Crippen molar-refractivity contribution < 1.29 is 13.7 Å². The second-order valence-electron chi connectivity index (χ2n) is 8.56. The summed E-state index contributed by atoms with van der Waals surface area (Å²) in [6, 6.07) is 13.8. The van der Waals surface area contributed by atoms with Crippen molar-refractivity contribution in [3.8, 4) is 11.3 Å². The summed E-state index contributed by atoms with van der Waals surface area (Å²) in [5, 5.41) is 13.2. The van der Waals surface area contributed by atoms with E-state index in [0.717, 1.165) is 24.3 Å². The van der Waals surface area contributed by atoms with Crippen molar-refractivity contribution in [3.63, 3.8) is 0 Å². The minimum atomic E-state index is -0.416. The minimum absolute atomic E-state index is 0.0574. The van der Waals surface area contributed by atoms with Crippen molar-refractivity contribution in [1.82, 2.24) is 29.6 Å². The fraction of sp³-hybridized carbons (Fsp3) is 0.240. The Labute approximate surface area is 194 Å². The first kappa shape index (κ1) is 20.5. The lowest BCUT2D eigenvalue weighted by Gasteiger charge is -2.32. The number of halogens is 1. The van der Waals surface area contributed by atoms with Gasteiger partial charge in [-0.25, -0.2) is 9.37 Å². The Morgan fingerprint density at radius 3 is 2.88 bits per heavy atom. The normalized spacial score (nSPS) is 16.4. The Balaban J connectivity index is 1.39. The molecular formula is C25H21FN6O2. The number of piperidine rings is 1. The molecule has 1 atom stereocenters. The molecule has 0 aliphatic carbocycles. The lowest BCUT2D eigenvalue weighted by molar-refractivity contribution is 0.0706. The van der Waals surface area contributed by atoms with Gasteiger partial charge in [0.05, 0.1) is 22.3 Å². The number of aryl methyl sites for hydroxylation is 1. The van der Waals surface area contributed by atoms with Gasteiger partial charge >= 0.3 is 0 Å². The number of carbonyl (C=O) groups excluding carboxylic acids is 1. The number of amides is 1. The number of fused-ring (bicyclic) bond motifs is 2. The van der Waals surface area contributed by atoms with Crippen LogP contribution in [0.1, 0.15) is 40.6 Å². The van der Waals surface area contributed by atoms with Crippen LogP contribution in [0.5, 0.6) is 0 Å². The molecule has 1 aliphatic heterocycles. The predicted octanol–water partition coefficient (Wildman–Crippen LogP) is 4.40. The van der Waals surface area contributed by atoms with Crippen molar-refractivity contribution in [2.24, 2.45) is 0 Å². The SMILES string of the molecule is Cc1noc2nc(-c3ccccc3F)cc(C(=O)N3CCC[C@H](c4nnc5ccccn45)C3)c12. The maximum atomic E-state index is 14.5. The third-order valence-electron chi connectivity index (χ3n) is 6.41. The van der Waals surface area contributed by atoms with Crippen molar-refractivity contribution in [1.29, 1.82) is 0 Å². The molecule has 6 rings (SSSR count). The standard InChI is InChI=1S/C25H21FN6O2/c1-15-22-18(13-20(27-24(22)34-30-15)17-8-2-3-9-19(17)26)25(33)31-11-6-7-16(14-31)23-29-28-21-10-4-5-12-32(21)23/h2-5,8-10,12-13,16H,6-7,11,14H2,1H3/t16-/m0/s1. The fourth-order valence-electron chi connectivity index (χ4n) is 4.75. The molecule has 0 spiro atoms. The summed E-state index contributed by atoms with van der Waals surface area (Å²) in [6.45, 7) is 2.90. The van der Waals surface area contributed by atoms with Gasteiger partial charge in [0, 0.05) is 30.8 Å². The van der Waals surface area contributed by atoms with Gasteiger partial charge in [0.1, 0.15) is 11.6 Å². The first-order valence-corrected chi connectivity index (χ1v) is 11.2. The van der Waals surface area contributed by atoms with E-state index in [9.17, 15) is 9.18 Å². The Morgan fingerprint density at radius 2 is 2.00 bits per heavy atom. The molecule has 0 bridgehead atoms. The number of pyridine rings is 2. The van der Waals surface area contributed by atoms with Crippen LogP contribution in [-0.2, 0) is 0 Å². The number of aromatic nitrogens is 5. The minimum Gasteiger partial charge on any atom is -0.338 e. The van der Waals surface area contributed by atoms with E-state index in [1.54, 1.807) is 31.2 Å². The Morgan fingerprint density at radius 1 is 1.15 bits per heavy atom. The van der Waals surface area contributed by atoms with Gasteiger partial charge in [-0.2, -0.15) is 0 Å². The monoisotopic (exact) mass is 456 g/mol. The summed E-state index contributed by atoms with van der Waals surface area (Å²) >= 11 is 0. The highest BCUT2D eigenvalue weighted by molar-refractivity contribution is 6.07. The zero-order valence-electron chi connectivity index (χ0n) is 18.5. The van der Waals surface area contributed by atoms with Crippen molar-refractivity contribution in [3.05, 3.63) is 77.6 Å². The first-order valence-electron chi connectivity index (χ1n) is 11.2. The summed E-state index contributed by atoms with van der Waals surface area (Å²) in [4.78, 5) is 20.1. The maximum absolute atomic E-state index is 14.5. The van der Waals surface area contributed by atoms with Crippen LogP contribution in [0.2, 0.25) is 0 Å². The van der Waals surface area contributed by atoms with Crippen LogP contribution in [0.15, 0.2) is 59.3 Å². The predicted molar refractivity (Wildman–Crippen MR) is 123 cm³/mol. The van der Waals surface area contributed by atoms with E-state index >= 15 is 0 Å². The summed E-state index contributed by atoms with van der Waals surface area (Å²) < 4.78 is 21.9. The number of carbonyl (C=O) groups is 1. The molecule has 0 unspecified atom stereocenters. The van der Waals surface area contributed by atoms with E-state index in [-0.39, 0.29) is 17.5 Å². The lowest BCUT2D eigenvalue weighted by Crippen LogP contribution is -2.39. The van der Waals surface area contributed by atoms with Crippen LogP contribution >= 0.6 is 0 Å². The molecular weight excluding hydrogens is 435 g/mol. The molecule has 1 amide bonds. The van der Waals surface area contributed by atoms with Gasteiger partial charge in [-0.3, -0.25) is 9.20 Å². The Hall–Kier alpha value is -4.14. The van der Waals surface area contributed by atoms with E-state index in [0.29, 0.717) is 41.0 Å². The third-order valence-corrected chi connectivity index (χ3v) is 6.41. The Kier molecular flexibility index (Phi) is 4.83. The van der Waals surface area contributed by atoms with Crippen LogP contribution in [0, 0.1) is 12.7 Å². The molecule has 1 aromatic carbocycles. The van der Waals surface area contributed by atoms with Crippen molar-refractivity contribution >= 4 is 22.7 Å². The van der Waals surface area contributed by atoms with E-state index in [4.69, 9.17) is 4.52 Å². The van der Waals surface area contributed by atoms with Crippen LogP contribution in [0.25, 0.3) is 28.0 Å². The molecule has 8 nitrogen and oxygen atoms in total. The fourth-order valence-corrected chi connectivity index (χ4v) is 4.75. The molecule has 4 aromatic heterocycles. The molecule has 0 radical (unpaired) electrons. The van der Waals surface area contributed by atoms with Gasteiger partial charge in [-0.1, -0.05) is 23.4 Å². The molecule has 1 fully saturated rings. The van der Waals surface area contributed by atoms with E-state index in [2.05, 4.69) is 20.3 Å². The number of rotatable bonds is 3. The number of likely N-dealkylation sites (tertiary alicyclic amines) is 1. The maximum Gasteiger partial charge on any atom is 0.259 e. The first-order chi connectivity index (χ1) is 16.6. The van der Waals surface area contributed by atoms with E-state index < -0.39 is 5.82 Å². The van der Waals surface area contributed by atoms with Crippen molar-refractivity contribution in [2.45, 2.75) is 25.7 Å². The summed E-state index contributed by atoms with van der Waals surface area (Å²) in [6.07, 6.45) is 3.70. The molecule has 0 N–H and O–H groups in total. The largest absolute Gasteiger partial charge is 0.338 e. The smallest absolute Gasteiger partial charge is 0.259 e. The molecule has 1 saturated heterocycles. The topological polar surface area (TPSA) is 89.4 Å². The molecule has 9 heteroatoms. The van der Waals surface area contributed by atoms with Crippen LogP contribution in [0.4, 0.5) is 4.39 Å². The van der Waals surface area contributed by atoms with Gasteiger partial charge in [0.2, 0.25) is 0 Å². The summed E-state index contributed by atoms with van der Waals surface area (Å²) in [5.74, 6) is 0.332. The molecule has 5 aromatic rings. The van der Waals surface area contributed by atoms with Crippen molar-refractivity contribution in [2.75, 3.05) is 13.1 Å².